The van der Waals surface area contributed by atoms with E-state index in [1.807, 2.05) is 24.4 Å². The summed E-state index contributed by atoms with van der Waals surface area (Å²) in [5.41, 5.74) is 3.23. The number of carbonyl (C=O) groups is 1. The predicted molar refractivity (Wildman–Crippen MR) is 98.9 cm³/mol. The van der Waals surface area contributed by atoms with Crippen LogP contribution in [-0.4, -0.2) is 69.7 Å². The Morgan fingerprint density at radius 1 is 1.31 bits per heavy atom. The molecule has 1 fully saturated rings. The van der Waals surface area contributed by atoms with Gasteiger partial charge in [0.05, 0.1) is 12.2 Å². The average Bonchev–Trinajstić information content (AvgIpc) is 3.00. The third kappa shape index (κ3) is 2.90. The van der Waals surface area contributed by atoms with E-state index in [4.69, 9.17) is 0 Å². The number of nitrogens with one attached hydrogen (secondary N) is 1. The number of para-hydroxylation sites is 1. The highest BCUT2D eigenvalue weighted by Gasteiger charge is 2.31. The second-order valence-electron chi connectivity index (χ2n) is 6.93. The molecule has 1 saturated heterocycles. The summed E-state index contributed by atoms with van der Waals surface area (Å²) in [5.74, 6) is 0.672. The zero-order valence-electron chi connectivity index (χ0n) is 14.8. The van der Waals surface area contributed by atoms with Crippen molar-refractivity contribution in [2.24, 2.45) is 0 Å². The molecule has 0 saturated carbocycles. The third-order valence-electron chi connectivity index (χ3n) is 4.90. The van der Waals surface area contributed by atoms with E-state index in [1.165, 1.54) is 5.56 Å². The Morgan fingerprint density at radius 3 is 2.81 bits per heavy atom. The predicted octanol–water partition coefficient (Wildman–Crippen LogP) is 1.82. The third-order valence-corrected chi connectivity index (χ3v) is 4.90. The zero-order chi connectivity index (χ0) is 18.3. The Morgan fingerprint density at radius 2 is 2.08 bits per heavy atom. The standard InChI is InChI=1S/C19H21N5O2/c1-23(2)18(26)11-24-9-12(10-24)15-8-20-19-14(15)7-16(21-22-19)13-5-3-4-6-17(13)25/h3-8,12,25H,9-11H2,1-2H3,(H,20,22). The first kappa shape index (κ1) is 16.5. The number of hydrogen-bond donors (Lipinski definition) is 2. The molecule has 1 amide bonds. The number of aromatic amines is 1. The fraction of sp³-hybridized carbons (Fsp3) is 0.316. The number of phenolic OH excluding ortho intramolecular Hbond substituents is 1. The van der Waals surface area contributed by atoms with Crippen molar-refractivity contribution in [2.45, 2.75) is 5.92 Å². The maximum Gasteiger partial charge on any atom is 0.236 e. The number of carbonyl (C=O) groups excluding carboxylic acids is 1. The summed E-state index contributed by atoms with van der Waals surface area (Å²) < 4.78 is 0. The van der Waals surface area contributed by atoms with Gasteiger partial charge in [-0.3, -0.25) is 9.69 Å². The van der Waals surface area contributed by atoms with E-state index in [1.54, 1.807) is 31.1 Å². The van der Waals surface area contributed by atoms with Crippen LogP contribution in [-0.2, 0) is 4.79 Å². The molecule has 0 radical (unpaired) electrons. The molecule has 0 atom stereocenters. The summed E-state index contributed by atoms with van der Waals surface area (Å²) >= 11 is 0. The molecule has 0 bridgehead atoms. The van der Waals surface area contributed by atoms with Crippen molar-refractivity contribution in [1.82, 2.24) is 25.0 Å². The highest BCUT2D eigenvalue weighted by molar-refractivity contribution is 5.84. The van der Waals surface area contributed by atoms with E-state index in [2.05, 4.69) is 20.1 Å². The number of likely N-dealkylation sites (tertiary alicyclic amines) is 1. The lowest BCUT2D eigenvalue weighted by atomic mass is 9.91. The van der Waals surface area contributed by atoms with Gasteiger partial charge >= 0.3 is 0 Å². The monoisotopic (exact) mass is 351 g/mol. The first-order valence-electron chi connectivity index (χ1n) is 8.58. The van der Waals surface area contributed by atoms with Crippen LogP contribution >= 0.6 is 0 Å². The van der Waals surface area contributed by atoms with Crippen LogP contribution in [0, 0.1) is 0 Å². The number of rotatable bonds is 4. The molecule has 4 rings (SSSR count). The van der Waals surface area contributed by atoms with Crippen molar-refractivity contribution in [3.8, 4) is 17.0 Å². The van der Waals surface area contributed by atoms with E-state index in [-0.39, 0.29) is 11.7 Å². The molecular formula is C19H21N5O2. The van der Waals surface area contributed by atoms with Crippen LogP contribution in [0.5, 0.6) is 5.75 Å². The zero-order valence-corrected chi connectivity index (χ0v) is 14.8. The van der Waals surface area contributed by atoms with Crippen molar-refractivity contribution in [3.05, 3.63) is 42.1 Å². The van der Waals surface area contributed by atoms with Crippen LogP contribution in [0.4, 0.5) is 0 Å². The quantitative estimate of drug-likeness (QED) is 0.749. The van der Waals surface area contributed by atoms with Crippen LogP contribution in [0.2, 0.25) is 0 Å². The Labute approximate surface area is 151 Å². The molecule has 2 aromatic heterocycles. The molecule has 7 heteroatoms. The van der Waals surface area contributed by atoms with Crippen molar-refractivity contribution in [2.75, 3.05) is 33.7 Å². The average molecular weight is 351 g/mol. The number of aromatic nitrogens is 3. The highest BCUT2D eigenvalue weighted by atomic mass is 16.3. The van der Waals surface area contributed by atoms with Gasteiger partial charge in [0.15, 0.2) is 5.65 Å². The molecular weight excluding hydrogens is 330 g/mol. The summed E-state index contributed by atoms with van der Waals surface area (Å²) in [6.45, 7) is 2.15. The molecule has 3 aromatic rings. The molecule has 26 heavy (non-hydrogen) atoms. The molecule has 7 nitrogen and oxygen atoms in total. The number of likely N-dealkylation sites (N-methyl/N-ethyl adjacent to an activating group) is 1. The van der Waals surface area contributed by atoms with Gasteiger partial charge in [0.25, 0.3) is 0 Å². The van der Waals surface area contributed by atoms with E-state index in [0.717, 1.165) is 24.1 Å². The summed E-state index contributed by atoms with van der Waals surface area (Å²) in [5, 5.41) is 19.6. The number of phenols is 1. The minimum atomic E-state index is 0.120. The molecule has 0 spiro atoms. The van der Waals surface area contributed by atoms with Crippen molar-refractivity contribution in [1.29, 1.82) is 0 Å². The Bertz CT molecular complexity index is 959. The maximum absolute atomic E-state index is 11.8. The molecule has 1 aromatic carbocycles. The summed E-state index contributed by atoms with van der Waals surface area (Å²) in [4.78, 5) is 18.8. The number of H-pyrrole nitrogens is 1. The fourth-order valence-electron chi connectivity index (χ4n) is 3.33. The molecule has 0 unspecified atom stereocenters. The summed E-state index contributed by atoms with van der Waals surface area (Å²) in [6.07, 6.45) is 1.98. The Kier molecular flexibility index (Phi) is 4.08. The normalized spacial score (nSPS) is 15.2. The molecule has 0 aliphatic carbocycles. The lowest BCUT2D eigenvalue weighted by Crippen LogP contribution is -2.49. The minimum Gasteiger partial charge on any atom is -0.507 e. The number of nitrogens with zero attached hydrogens (tertiary/aromatic N) is 4. The molecule has 2 N–H and O–H groups in total. The number of benzene rings is 1. The van der Waals surface area contributed by atoms with Crippen LogP contribution in [0.1, 0.15) is 11.5 Å². The topological polar surface area (TPSA) is 85.4 Å². The van der Waals surface area contributed by atoms with Crippen molar-refractivity contribution >= 4 is 16.9 Å². The smallest absolute Gasteiger partial charge is 0.236 e. The van der Waals surface area contributed by atoms with Crippen LogP contribution in [0.25, 0.3) is 22.3 Å². The largest absolute Gasteiger partial charge is 0.507 e. The highest BCUT2D eigenvalue weighted by Crippen LogP contribution is 2.34. The summed E-state index contributed by atoms with van der Waals surface area (Å²) in [6, 6.07) is 9.09. The fourth-order valence-corrected chi connectivity index (χ4v) is 3.33. The number of amides is 1. The molecule has 3 heterocycles. The van der Waals surface area contributed by atoms with Gasteiger partial charge in [-0.15, -0.1) is 10.2 Å². The second kappa shape index (κ2) is 6.42. The van der Waals surface area contributed by atoms with Crippen LogP contribution in [0.3, 0.4) is 0 Å². The number of fused-ring (bicyclic) bond motifs is 1. The van der Waals surface area contributed by atoms with Gasteiger partial charge in [0.2, 0.25) is 5.91 Å². The Hall–Kier alpha value is -2.93. The van der Waals surface area contributed by atoms with E-state index in [9.17, 15) is 9.90 Å². The van der Waals surface area contributed by atoms with Gasteiger partial charge in [-0.1, -0.05) is 12.1 Å². The van der Waals surface area contributed by atoms with Gasteiger partial charge in [0.1, 0.15) is 5.75 Å². The minimum absolute atomic E-state index is 0.120. The van der Waals surface area contributed by atoms with Gasteiger partial charge in [-0.2, -0.15) is 0 Å². The Balaban J connectivity index is 1.57. The SMILES string of the molecule is CN(C)C(=O)CN1CC(c2c[nH]c3nnc(-c4ccccc4O)cc23)C1. The number of hydrogen-bond acceptors (Lipinski definition) is 5. The lowest BCUT2D eigenvalue weighted by molar-refractivity contribution is -0.131. The van der Waals surface area contributed by atoms with Gasteiger partial charge < -0.3 is 15.0 Å². The van der Waals surface area contributed by atoms with E-state index in [0.29, 0.717) is 23.7 Å². The van der Waals surface area contributed by atoms with E-state index < -0.39 is 0 Å². The molecule has 1 aliphatic rings. The van der Waals surface area contributed by atoms with Crippen LogP contribution in [0.15, 0.2) is 36.5 Å². The first-order chi connectivity index (χ1) is 12.5. The first-order valence-corrected chi connectivity index (χ1v) is 8.58. The van der Waals surface area contributed by atoms with Crippen molar-refractivity contribution < 1.29 is 9.90 Å². The lowest BCUT2D eigenvalue weighted by Gasteiger charge is -2.39. The second-order valence-corrected chi connectivity index (χ2v) is 6.93. The maximum atomic E-state index is 11.8. The summed E-state index contributed by atoms with van der Waals surface area (Å²) in [7, 11) is 3.55. The number of aromatic hydroxyl groups is 1. The van der Waals surface area contributed by atoms with Crippen LogP contribution < -0.4 is 0 Å². The van der Waals surface area contributed by atoms with Crippen molar-refractivity contribution in [3.63, 3.8) is 0 Å². The van der Waals surface area contributed by atoms with Gasteiger partial charge in [-0.05, 0) is 23.8 Å². The van der Waals surface area contributed by atoms with Gasteiger partial charge in [-0.25, -0.2) is 0 Å². The van der Waals surface area contributed by atoms with Gasteiger partial charge in [0, 0.05) is 50.2 Å². The van der Waals surface area contributed by atoms with E-state index >= 15 is 0 Å². The molecule has 1 aliphatic heterocycles. The molecule has 134 valence electrons.